The molecule has 0 N–H and O–H groups in total. The summed E-state index contributed by atoms with van der Waals surface area (Å²) in [4.78, 5) is 17.9. The molecule has 1 saturated carbocycles. The molecule has 4 atom stereocenters. The molecular formula is C26H36N2O2. The fourth-order valence-corrected chi connectivity index (χ4v) is 6.57. The van der Waals surface area contributed by atoms with Gasteiger partial charge < -0.3 is 4.74 Å². The number of fused-ring (bicyclic) bond motifs is 2. The van der Waals surface area contributed by atoms with E-state index in [2.05, 4.69) is 54.0 Å². The van der Waals surface area contributed by atoms with Crippen molar-refractivity contribution in [2.24, 2.45) is 17.3 Å². The molecule has 1 aromatic rings. The van der Waals surface area contributed by atoms with Crippen molar-refractivity contribution in [1.29, 1.82) is 0 Å². The minimum Gasteiger partial charge on any atom is -0.462 e. The quantitative estimate of drug-likeness (QED) is 0.550. The molecule has 0 amide bonds. The summed E-state index contributed by atoms with van der Waals surface area (Å²) >= 11 is 0. The molecule has 30 heavy (non-hydrogen) atoms. The zero-order valence-corrected chi connectivity index (χ0v) is 18.6. The van der Waals surface area contributed by atoms with E-state index < -0.39 is 0 Å². The van der Waals surface area contributed by atoms with E-state index in [1.165, 1.54) is 24.8 Å². The van der Waals surface area contributed by atoms with Crippen LogP contribution in [-0.4, -0.2) is 54.6 Å². The highest BCUT2D eigenvalue weighted by Gasteiger charge is 2.53. The van der Waals surface area contributed by atoms with Crippen molar-refractivity contribution in [2.75, 3.05) is 32.7 Å². The molecule has 0 spiro atoms. The lowest BCUT2D eigenvalue weighted by atomic mass is 9.59. The van der Waals surface area contributed by atoms with Gasteiger partial charge in [0, 0.05) is 45.2 Å². The Labute approximate surface area is 181 Å². The van der Waals surface area contributed by atoms with Crippen molar-refractivity contribution >= 4 is 5.97 Å². The fraction of sp³-hybridized carbons (Fsp3) is 0.654. The van der Waals surface area contributed by atoms with Crippen molar-refractivity contribution in [2.45, 2.75) is 58.6 Å². The van der Waals surface area contributed by atoms with Gasteiger partial charge in [0.2, 0.25) is 0 Å². The second-order valence-corrected chi connectivity index (χ2v) is 10.4. The van der Waals surface area contributed by atoms with Gasteiger partial charge in [0.25, 0.3) is 0 Å². The summed E-state index contributed by atoms with van der Waals surface area (Å²) in [5, 5.41) is 0. The summed E-state index contributed by atoms with van der Waals surface area (Å²) in [6.07, 6.45) is 6.05. The molecule has 4 aliphatic rings. The molecule has 2 saturated heterocycles. The molecule has 3 fully saturated rings. The van der Waals surface area contributed by atoms with Crippen LogP contribution in [0, 0.1) is 17.3 Å². The Morgan fingerprint density at radius 1 is 1.10 bits per heavy atom. The number of esters is 1. The van der Waals surface area contributed by atoms with Crippen molar-refractivity contribution in [3.05, 3.63) is 47.0 Å². The average molecular weight is 409 g/mol. The van der Waals surface area contributed by atoms with Crippen molar-refractivity contribution < 1.29 is 9.53 Å². The number of rotatable bonds is 4. The summed E-state index contributed by atoms with van der Waals surface area (Å²) in [6, 6.07) is 10.7. The zero-order chi connectivity index (χ0) is 20.7. The maximum Gasteiger partial charge on any atom is 0.310 e. The van der Waals surface area contributed by atoms with Crippen molar-refractivity contribution in [3.63, 3.8) is 0 Å². The van der Waals surface area contributed by atoms with E-state index >= 15 is 0 Å². The molecule has 162 valence electrons. The smallest absolute Gasteiger partial charge is 0.310 e. The van der Waals surface area contributed by atoms with Gasteiger partial charge >= 0.3 is 5.97 Å². The number of hydrogen-bond donors (Lipinski definition) is 0. The number of hydrogen-bond acceptors (Lipinski definition) is 4. The first kappa shape index (κ1) is 20.3. The second-order valence-electron chi connectivity index (χ2n) is 10.4. The lowest BCUT2D eigenvalue weighted by Gasteiger charge is -2.46. The Morgan fingerprint density at radius 2 is 1.83 bits per heavy atom. The zero-order valence-electron chi connectivity index (χ0n) is 18.6. The summed E-state index contributed by atoms with van der Waals surface area (Å²) < 4.78 is 5.97. The number of carbonyl (C=O) groups excluding carboxylic acids is 1. The first-order chi connectivity index (χ1) is 14.5. The van der Waals surface area contributed by atoms with Crippen LogP contribution in [-0.2, 0) is 16.1 Å². The van der Waals surface area contributed by atoms with Crippen LogP contribution in [0.3, 0.4) is 0 Å². The van der Waals surface area contributed by atoms with Crippen LogP contribution in [0.15, 0.2) is 41.5 Å². The predicted molar refractivity (Wildman–Crippen MR) is 119 cm³/mol. The van der Waals surface area contributed by atoms with Gasteiger partial charge in [0.05, 0.1) is 5.92 Å². The predicted octanol–water partition coefficient (Wildman–Crippen LogP) is 4.26. The van der Waals surface area contributed by atoms with Gasteiger partial charge in [-0.05, 0) is 50.0 Å². The molecule has 2 heterocycles. The number of ether oxygens (including phenoxy) is 1. The van der Waals surface area contributed by atoms with Crippen LogP contribution in [0.4, 0.5) is 0 Å². The fourth-order valence-electron chi connectivity index (χ4n) is 6.57. The summed E-state index contributed by atoms with van der Waals surface area (Å²) in [5.74, 6) is 0.510. The monoisotopic (exact) mass is 408 g/mol. The molecule has 5 rings (SSSR count). The van der Waals surface area contributed by atoms with E-state index in [9.17, 15) is 4.79 Å². The van der Waals surface area contributed by atoms with Crippen molar-refractivity contribution in [1.82, 2.24) is 9.80 Å². The van der Waals surface area contributed by atoms with Gasteiger partial charge in [0.1, 0.15) is 6.10 Å². The minimum atomic E-state index is 0.0578. The highest BCUT2D eigenvalue weighted by Crippen LogP contribution is 2.55. The number of piperazine rings is 1. The lowest BCUT2D eigenvalue weighted by molar-refractivity contribution is -0.145. The maximum atomic E-state index is 12.8. The number of benzene rings is 1. The maximum absolute atomic E-state index is 12.8. The first-order valence-corrected chi connectivity index (χ1v) is 11.9. The van der Waals surface area contributed by atoms with Gasteiger partial charge in [-0.2, -0.15) is 0 Å². The molecule has 0 unspecified atom stereocenters. The summed E-state index contributed by atoms with van der Waals surface area (Å²) in [7, 11) is 0. The van der Waals surface area contributed by atoms with Crippen LogP contribution in [0.5, 0.6) is 0 Å². The molecule has 2 aliphatic carbocycles. The van der Waals surface area contributed by atoms with Gasteiger partial charge in [-0.25, -0.2) is 0 Å². The Bertz CT molecular complexity index is 812. The third kappa shape index (κ3) is 3.85. The Morgan fingerprint density at radius 3 is 2.60 bits per heavy atom. The molecule has 0 bridgehead atoms. The van der Waals surface area contributed by atoms with Crippen LogP contribution >= 0.6 is 0 Å². The second kappa shape index (κ2) is 8.12. The van der Waals surface area contributed by atoms with Crippen LogP contribution in [0.2, 0.25) is 0 Å². The third-order valence-electron chi connectivity index (χ3n) is 8.35. The van der Waals surface area contributed by atoms with Gasteiger partial charge in [-0.1, -0.05) is 48.4 Å². The van der Waals surface area contributed by atoms with E-state index in [4.69, 9.17) is 4.74 Å². The Balaban J connectivity index is 1.20. The van der Waals surface area contributed by atoms with E-state index in [0.717, 1.165) is 52.1 Å². The van der Waals surface area contributed by atoms with E-state index in [-0.39, 0.29) is 23.4 Å². The molecule has 0 radical (unpaired) electrons. The van der Waals surface area contributed by atoms with Crippen molar-refractivity contribution in [3.8, 4) is 0 Å². The number of nitrogens with zero attached hydrogens (tertiary/aromatic N) is 2. The van der Waals surface area contributed by atoms with E-state index in [0.29, 0.717) is 5.92 Å². The van der Waals surface area contributed by atoms with E-state index in [1.54, 1.807) is 11.1 Å². The molecule has 2 aliphatic heterocycles. The van der Waals surface area contributed by atoms with Crippen LogP contribution < -0.4 is 0 Å². The minimum absolute atomic E-state index is 0.0578. The molecular weight excluding hydrogens is 372 g/mol. The third-order valence-corrected chi connectivity index (χ3v) is 8.35. The lowest BCUT2D eigenvalue weighted by Crippen LogP contribution is -2.49. The highest BCUT2D eigenvalue weighted by molar-refractivity contribution is 5.76. The van der Waals surface area contributed by atoms with E-state index in [1.807, 2.05) is 0 Å². The Hall–Kier alpha value is -1.65. The topological polar surface area (TPSA) is 32.8 Å². The average Bonchev–Trinajstić information content (AvgIpc) is 3.02. The summed E-state index contributed by atoms with van der Waals surface area (Å²) in [5.41, 5.74) is 4.90. The highest BCUT2D eigenvalue weighted by atomic mass is 16.6. The largest absolute Gasteiger partial charge is 0.462 e. The normalized spacial score (nSPS) is 35.1. The van der Waals surface area contributed by atoms with Gasteiger partial charge in [-0.15, -0.1) is 0 Å². The number of allylic oxidation sites excluding steroid dienone is 2. The van der Waals surface area contributed by atoms with Crippen LogP contribution in [0.1, 0.15) is 51.5 Å². The first-order valence-electron chi connectivity index (χ1n) is 11.9. The van der Waals surface area contributed by atoms with Gasteiger partial charge in [-0.3, -0.25) is 14.6 Å². The Kier molecular flexibility index (Phi) is 5.49. The molecule has 0 aromatic heterocycles. The standard InChI is InChI=1S/C26H36N2O2/c1-19-7-6-10-26(2)16-24-21(15-23(19)26)22(25(29)30-24)18-28-13-11-27(12-14-28)17-20-8-4-3-5-9-20/h3-5,8-9,21-22,24H,6-7,10-18H2,1-2H3/t21-,22+,24+,26+/m0/s1. The van der Waals surface area contributed by atoms with Crippen LogP contribution in [0.25, 0.3) is 0 Å². The SMILES string of the molecule is CC1=C2C[C@@H]3[C@@H](C[C@@]2(C)CCC1)OC(=O)[C@@H]3CN1CCN(Cc2ccccc2)CC1. The molecule has 4 heteroatoms. The molecule has 4 nitrogen and oxygen atoms in total. The summed E-state index contributed by atoms with van der Waals surface area (Å²) in [6.45, 7) is 10.9. The van der Waals surface area contributed by atoms with Gasteiger partial charge in [0.15, 0.2) is 0 Å². The number of carbonyl (C=O) groups is 1. The molecule has 1 aromatic carbocycles.